The van der Waals surface area contributed by atoms with Gasteiger partial charge in [0.15, 0.2) is 5.71 Å². The zero-order valence-corrected chi connectivity index (χ0v) is 32.5. The van der Waals surface area contributed by atoms with E-state index < -0.39 is 20.3 Å². The van der Waals surface area contributed by atoms with Gasteiger partial charge in [-0.1, -0.05) is 67.4 Å². The Bertz CT molecular complexity index is 2030. The molecular weight excluding hydrogens is 725 g/mol. The van der Waals surface area contributed by atoms with Gasteiger partial charge in [0.25, 0.3) is 20.3 Å². The number of allylic oxidation sites excluding steroid dienone is 7. The minimum absolute atomic E-state index is 0.297. The zero-order chi connectivity index (χ0) is 37.7. The molecule has 0 unspecified atom stereocenters. The number of nitrogens with zero attached hydrogens (tertiary/aromatic N) is 2. The predicted octanol–water partition coefficient (Wildman–Crippen LogP) is 6.59. The predicted molar refractivity (Wildman–Crippen MR) is 206 cm³/mol. The highest BCUT2D eigenvalue weighted by molar-refractivity contribution is 7.94. The van der Waals surface area contributed by atoms with Gasteiger partial charge in [-0.15, -0.1) is 4.33 Å². The maximum Gasteiger partial charge on any atom is 0.296 e. The smallest absolute Gasteiger partial charge is 0.296 e. The number of nitrogens with two attached hydrogens (primary N) is 1. The molecule has 0 bridgehead atoms. The van der Waals surface area contributed by atoms with E-state index in [0.717, 1.165) is 70.9 Å². The summed E-state index contributed by atoms with van der Waals surface area (Å²) in [4.78, 5) is 2.31. The molecule has 0 spiro atoms. The van der Waals surface area contributed by atoms with Crippen molar-refractivity contribution in [2.45, 2.75) is 77.0 Å². The van der Waals surface area contributed by atoms with Crippen LogP contribution in [-0.2, 0) is 40.5 Å². The fraction of sp³-hybridized carbons (Fsp3) is 0.432. The molecule has 2 aliphatic heterocycles. The molecule has 1 aliphatic carbocycles. The van der Waals surface area contributed by atoms with Crippen molar-refractivity contribution < 1.29 is 40.6 Å². The third-order valence-corrected chi connectivity index (χ3v) is 11.9. The van der Waals surface area contributed by atoms with Crippen LogP contribution in [0.25, 0.3) is 0 Å². The van der Waals surface area contributed by atoms with Gasteiger partial charge in [0.05, 0.1) is 16.9 Å². The van der Waals surface area contributed by atoms with Crippen LogP contribution in [0.2, 0.25) is 0 Å². The number of rotatable bonds is 17. The van der Waals surface area contributed by atoms with Crippen LogP contribution < -0.4 is 14.8 Å². The molecule has 2 aromatic carbocycles. The molecule has 0 aromatic heterocycles. The number of unbranched alkanes of at least 4 members (excludes halogenated alkanes) is 2. The van der Waals surface area contributed by atoms with Crippen LogP contribution in [0, 0.1) is 0 Å². The number of hydrogen-bond acceptors (Lipinski definition) is 9. The maximum atomic E-state index is 12.5. The first kappa shape index (κ1) is 39.9. The molecule has 0 radical (unpaired) electrons. The number of hydrogen-bond donors (Lipinski definition) is 4. The summed E-state index contributed by atoms with van der Waals surface area (Å²) in [5, 5.41) is 17.7. The van der Waals surface area contributed by atoms with Gasteiger partial charge in [0.2, 0.25) is 5.69 Å². The lowest BCUT2D eigenvalue weighted by molar-refractivity contribution is -0.438. The second-order valence-electron chi connectivity index (χ2n) is 14.3. The lowest BCUT2D eigenvalue weighted by Gasteiger charge is -2.27. The molecule has 0 fully saturated rings. The summed E-state index contributed by atoms with van der Waals surface area (Å²) in [6.07, 6.45) is 11.8. The van der Waals surface area contributed by atoms with Crippen molar-refractivity contribution >= 4 is 49.5 Å². The number of para-hydroxylation sites is 2. The van der Waals surface area contributed by atoms with Crippen molar-refractivity contribution in [1.29, 1.82) is 0 Å². The lowest BCUT2D eigenvalue weighted by Crippen LogP contribution is -2.31. The van der Waals surface area contributed by atoms with Crippen LogP contribution in [0.1, 0.15) is 77.3 Å². The van der Waals surface area contributed by atoms with Gasteiger partial charge in [-0.2, -0.15) is 21.4 Å². The summed E-state index contributed by atoms with van der Waals surface area (Å²) in [6, 6.07) is 16.4. The average molecular weight is 774 g/mol. The van der Waals surface area contributed by atoms with Crippen LogP contribution >= 0.6 is 12.0 Å². The van der Waals surface area contributed by atoms with Gasteiger partial charge in [-0.3, -0.25) is 9.27 Å². The summed E-state index contributed by atoms with van der Waals surface area (Å²) < 4.78 is 66.2. The molecule has 2 heterocycles. The summed E-state index contributed by atoms with van der Waals surface area (Å²) >= 11 is 1.04. The lowest BCUT2D eigenvalue weighted by atomic mass is 9.81. The fourth-order valence-corrected chi connectivity index (χ4v) is 9.04. The van der Waals surface area contributed by atoms with Crippen molar-refractivity contribution in [1.82, 2.24) is 4.72 Å². The molecule has 5 N–H and O–H groups in total. The Balaban J connectivity index is 1.48. The Labute approximate surface area is 311 Å². The van der Waals surface area contributed by atoms with Crippen LogP contribution in [0.3, 0.4) is 0 Å². The van der Waals surface area contributed by atoms with Gasteiger partial charge in [-0.25, -0.2) is 10.4 Å². The second kappa shape index (κ2) is 16.4. The standard InChI is InChI=1S/C37H48N4O8S3/c1-36(2)29-13-5-7-15-31(29)40(23-9-11-25-50-49-48-42)33(36)21-19-27-17-18-28(35(27)39-52(38,46)47)20-22-34-37(3,4)30-14-6-8-16-32(30)41(34)24-10-12-26-51(43,44)45/h5-8,13-16,19-22H,9-12,17-18,23-26H2,1-4H3,(H4,38,42,43,44,45,46,47)/p+1. The van der Waals surface area contributed by atoms with E-state index in [9.17, 15) is 21.4 Å². The largest absolute Gasteiger partial charge is 0.344 e. The highest BCUT2D eigenvalue weighted by atomic mass is 32.2. The highest BCUT2D eigenvalue weighted by Crippen LogP contribution is 2.48. The Kier molecular flexibility index (Phi) is 12.6. The van der Waals surface area contributed by atoms with Gasteiger partial charge < -0.3 is 4.90 Å². The van der Waals surface area contributed by atoms with Crippen molar-refractivity contribution in [3.63, 3.8) is 0 Å². The first-order valence-electron chi connectivity index (χ1n) is 17.3. The second-order valence-corrected chi connectivity index (χ2v) is 17.9. The van der Waals surface area contributed by atoms with E-state index in [4.69, 9.17) is 10.4 Å². The normalized spacial score (nSPS) is 19.8. The summed E-state index contributed by atoms with van der Waals surface area (Å²) in [7, 11) is -8.13. The average Bonchev–Trinajstić information content (AvgIpc) is 3.62. The van der Waals surface area contributed by atoms with E-state index in [1.807, 2.05) is 48.6 Å². The summed E-state index contributed by atoms with van der Waals surface area (Å²) in [5.74, 6) is 0.356. The first-order valence-corrected chi connectivity index (χ1v) is 21.4. The Hall–Kier alpha value is -3.28. The monoisotopic (exact) mass is 773 g/mol. The van der Waals surface area contributed by atoms with Crippen LogP contribution in [0.15, 0.2) is 95.4 Å². The van der Waals surface area contributed by atoms with Crippen molar-refractivity contribution in [2.24, 2.45) is 5.14 Å². The maximum absolute atomic E-state index is 12.5. The molecule has 12 nitrogen and oxygen atoms in total. The summed E-state index contributed by atoms with van der Waals surface area (Å²) in [5.41, 5.74) is 8.01. The van der Waals surface area contributed by atoms with Crippen molar-refractivity contribution in [3.05, 3.63) is 107 Å². The molecule has 5 rings (SSSR count). The van der Waals surface area contributed by atoms with Crippen LogP contribution in [-0.4, -0.2) is 61.5 Å². The van der Waals surface area contributed by atoms with Gasteiger partial charge in [0.1, 0.15) is 6.54 Å². The molecule has 282 valence electrons. The van der Waals surface area contributed by atoms with Crippen LogP contribution in [0.5, 0.6) is 0 Å². The number of fused-ring (bicyclic) bond motifs is 2. The summed E-state index contributed by atoms with van der Waals surface area (Å²) in [6.45, 7) is 9.95. The zero-order valence-electron chi connectivity index (χ0n) is 30.0. The number of nitrogens with one attached hydrogen (secondary N) is 1. The first-order chi connectivity index (χ1) is 24.5. The quantitative estimate of drug-likeness (QED) is 0.0344. The van der Waals surface area contributed by atoms with E-state index in [2.05, 4.69) is 75.5 Å². The Morgan fingerprint density at radius 3 is 2.35 bits per heavy atom. The van der Waals surface area contributed by atoms with Gasteiger partial charge >= 0.3 is 0 Å². The molecule has 0 atom stereocenters. The number of benzene rings is 2. The van der Waals surface area contributed by atoms with E-state index in [1.165, 1.54) is 5.56 Å². The van der Waals surface area contributed by atoms with Crippen molar-refractivity contribution in [2.75, 3.05) is 29.5 Å². The SMILES string of the molecule is CC1(C)C(=CC=C2CCC(C=CC3=[N+](CCCCS(=O)(=O)O)c4ccccc4C3(C)C)=C2NS(N)(=O)=O)N(CCCCSOOO)c2ccccc21. The van der Waals surface area contributed by atoms with Crippen LogP contribution in [0.4, 0.5) is 11.4 Å². The third-order valence-electron chi connectivity index (χ3n) is 10.0. The van der Waals surface area contributed by atoms with E-state index in [1.54, 1.807) is 0 Å². The Morgan fingerprint density at radius 1 is 0.923 bits per heavy atom. The molecule has 2 aromatic rings. The third kappa shape index (κ3) is 9.26. The molecule has 3 aliphatic rings. The molecule has 0 saturated carbocycles. The van der Waals surface area contributed by atoms with E-state index in [0.29, 0.717) is 43.7 Å². The molecular formula is C37H49N4O8S3+. The molecule has 0 saturated heterocycles. The minimum atomic E-state index is -4.09. The molecule has 15 heteroatoms. The molecule has 0 amide bonds. The van der Waals surface area contributed by atoms with Gasteiger partial charge in [-0.05, 0) is 74.8 Å². The minimum Gasteiger partial charge on any atom is -0.344 e. The Morgan fingerprint density at radius 2 is 1.63 bits per heavy atom. The fourth-order valence-electron chi connectivity index (χ4n) is 7.50. The topological polar surface area (TPSA) is 171 Å². The van der Waals surface area contributed by atoms with E-state index in [-0.39, 0.29) is 16.6 Å². The number of anilines is 1. The van der Waals surface area contributed by atoms with E-state index >= 15 is 0 Å². The van der Waals surface area contributed by atoms with Crippen molar-refractivity contribution in [3.8, 4) is 0 Å². The highest BCUT2D eigenvalue weighted by Gasteiger charge is 2.44. The van der Waals surface area contributed by atoms with Gasteiger partial charge in [0, 0.05) is 65.3 Å². The molecule has 52 heavy (non-hydrogen) atoms.